The predicted octanol–water partition coefficient (Wildman–Crippen LogP) is 3.99. The Bertz CT molecular complexity index is 1280. The van der Waals surface area contributed by atoms with E-state index in [2.05, 4.69) is 23.3 Å². The van der Waals surface area contributed by atoms with Gasteiger partial charge in [-0.05, 0) is 43.2 Å². The van der Waals surface area contributed by atoms with Crippen molar-refractivity contribution in [3.63, 3.8) is 0 Å². The van der Waals surface area contributed by atoms with Gasteiger partial charge in [0, 0.05) is 53.0 Å². The standard InChI is InChI=1S/C24H31N7O2S/c1-15-19-21(26-13-16-5-6-17(16)14-33-4)27-22(23-25-8-10-30(23)2)28-24(19)34-20(15)18-7-9-31(29-18)11-12-32-3/h7-10,16-17H,5-6,11-14H2,1-4H3,(H,26,27,28)/t16-,17+/m1/s1. The molecule has 0 saturated heterocycles. The second-order valence-electron chi connectivity index (χ2n) is 8.88. The van der Waals surface area contributed by atoms with E-state index < -0.39 is 0 Å². The van der Waals surface area contributed by atoms with Gasteiger partial charge in [-0.1, -0.05) is 0 Å². The molecular weight excluding hydrogens is 450 g/mol. The van der Waals surface area contributed by atoms with Crippen molar-refractivity contribution in [2.45, 2.75) is 26.3 Å². The van der Waals surface area contributed by atoms with Crippen LogP contribution in [0.4, 0.5) is 5.82 Å². The minimum Gasteiger partial charge on any atom is -0.384 e. The summed E-state index contributed by atoms with van der Waals surface area (Å²) in [5.41, 5.74) is 2.09. The van der Waals surface area contributed by atoms with Crippen molar-refractivity contribution in [2.75, 3.05) is 39.3 Å². The Hall–Kier alpha value is -2.82. The number of aromatic nitrogens is 6. The Balaban J connectivity index is 1.52. The van der Waals surface area contributed by atoms with Crippen LogP contribution in [-0.2, 0) is 23.1 Å². The first-order valence-corrected chi connectivity index (χ1v) is 12.4. The van der Waals surface area contributed by atoms with Crippen molar-refractivity contribution < 1.29 is 9.47 Å². The van der Waals surface area contributed by atoms with Crippen LogP contribution in [-0.4, -0.2) is 63.3 Å². The van der Waals surface area contributed by atoms with Gasteiger partial charge in [0.15, 0.2) is 11.6 Å². The van der Waals surface area contributed by atoms with Gasteiger partial charge >= 0.3 is 0 Å². The van der Waals surface area contributed by atoms with E-state index >= 15 is 0 Å². The molecule has 1 N–H and O–H groups in total. The highest BCUT2D eigenvalue weighted by atomic mass is 32.1. The molecule has 180 valence electrons. The molecule has 0 radical (unpaired) electrons. The highest BCUT2D eigenvalue weighted by Gasteiger charge is 2.31. The maximum atomic E-state index is 5.40. The number of aryl methyl sites for hydroxylation is 2. The van der Waals surface area contributed by atoms with Crippen molar-refractivity contribution in [1.82, 2.24) is 29.3 Å². The Morgan fingerprint density at radius 2 is 2.00 bits per heavy atom. The third kappa shape index (κ3) is 4.33. The molecule has 1 saturated carbocycles. The molecule has 0 spiro atoms. The number of anilines is 1. The van der Waals surface area contributed by atoms with E-state index in [-0.39, 0.29) is 0 Å². The van der Waals surface area contributed by atoms with Gasteiger partial charge in [-0.15, -0.1) is 11.3 Å². The second kappa shape index (κ2) is 9.81. The fraction of sp³-hybridized carbons (Fsp3) is 0.500. The van der Waals surface area contributed by atoms with Crippen LogP contribution in [0.25, 0.3) is 32.4 Å². The van der Waals surface area contributed by atoms with E-state index in [1.54, 1.807) is 31.8 Å². The summed E-state index contributed by atoms with van der Waals surface area (Å²) in [6, 6.07) is 2.05. The quantitative estimate of drug-likeness (QED) is 0.366. The maximum Gasteiger partial charge on any atom is 0.199 e. The first-order chi connectivity index (χ1) is 16.6. The summed E-state index contributed by atoms with van der Waals surface area (Å²) >= 11 is 1.65. The number of nitrogens with one attached hydrogen (secondary N) is 1. The molecule has 0 amide bonds. The Morgan fingerprint density at radius 1 is 1.15 bits per heavy atom. The van der Waals surface area contributed by atoms with Crippen LogP contribution < -0.4 is 5.32 Å². The Labute approximate surface area is 203 Å². The first kappa shape index (κ1) is 22.9. The van der Waals surface area contributed by atoms with Gasteiger partial charge in [0.25, 0.3) is 0 Å². The van der Waals surface area contributed by atoms with E-state index in [9.17, 15) is 0 Å². The lowest BCUT2D eigenvalue weighted by Gasteiger charge is -2.36. The summed E-state index contributed by atoms with van der Waals surface area (Å²) in [6.45, 7) is 5.17. The monoisotopic (exact) mass is 481 g/mol. The summed E-state index contributed by atoms with van der Waals surface area (Å²) < 4.78 is 14.5. The molecule has 0 bridgehead atoms. The maximum absolute atomic E-state index is 5.40. The lowest BCUT2D eigenvalue weighted by Crippen LogP contribution is -2.34. The number of imidazole rings is 1. The van der Waals surface area contributed by atoms with Crippen LogP contribution >= 0.6 is 11.3 Å². The number of hydrogen-bond acceptors (Lipinski definition) is 8. The highest BCUT2D eigenvalue weighted by molar-refractivity contribution is 7.22. The van der Waals surface area contributed by atoms with Crippen LogP contribution in [0.3, 0.4) is 0 Å². The lowest BCUT2D eigenvalue weighted by atomic mass is 9.74. The van der Waals surface area contributed by atoms with Crippen LogP contribution in [0, 0.1) is 18.8 Å². The fourth-order valence-electron chi connectivity index (χ4n) is 4.55. The number of methoxy groups -OCH3 is 2. The number of hydrogen-bond donors (Lipinski definition) is 1. The summed E-state index contributed by atoms with van der Waals surface area (Å²) in [5, 5.41) is 9.49. The van der Waals surface area contributed by atoms with Crippen LogP contribution in [0.1, 0.15) is 18.4 Å². The van der Waals surface area contributed by atoms with Crippen LogP contribution in [0.15, 0.2) is 24.7 Å². The zero-order valence-electron chi connectivity index (χ0n) is 20.1. The zero-order valence-corrected chi connectivity index (χ0v) is 20.9. The Morgan fingerprint density at radius 3 is 2.71 bits per heavy atom. The minimum atomic E-state index is 0.594. The van der Waals surface area contributed by atoms with Gasteiger partial charge < -0.3 is 19.4 Å². The number of thiophene rings is 1. The molecule has 10 heteroatoms. The summed E-state index contributed by atoms with van der Waals surface area (Å²) in [6.07, 6.45) is 8.13. The van der Waals surface area contributed by atoms with E-state index in [1.165, 1.54) is 12.8 Å². The topological polar surface area (TPSA) is 91.9 Å². The molecule has 0 unspecified atom stereocenters. The molecule has 5 rings (SSSR count). The highest BCUT2D eigenvalue weighted by Crippen LogP contribution is 2.41. The molecule has 2 atom stereocenters. The van der Waals surface area contributed by atoms with Gasteiger partial charge in [-0.2, -0.15) is 5.10 Å². The zero-order chi connectivity index (χ0) is 23.7. The first-order valence-electron chi connectivity index (χ1n) is 11.6. The lowest BCUT2D eigenvalue weighted by molar-refractivity contribution is 0.0658. The third-order valence-electron chi connectivity index (χ3n) is 6.70. The molecule has 34 heavy (non-hydrogen) atoms. The van der Waals surface area contributed by atoms with Crippen molar-refractivity contribution in [3.05, 3.63) is 30.2 Å². The van der Waals surface area contributed by atoms with E-state index in [0.717, 1.165) is 57.7 Å². The molecule has 0 aliphatic heterocycles. The number of nitrogens with zero attached hydrogens (tertiary/aromatic N) is 6. The van der Waals surface area contributed by atoms with Gasteiger partial charge in [-0.25, -0.2) is 15.0 Å². The van der Waals surface area contributed by atoms with Crippen molar-refractivity contribution >= 4 is 27.4 Å². The molecular formula is C24H31N7O2S. The fourth-order valence-corrected chi connectivity index (χ4v) is 5.70. The molecule has 1 fully saturated rings. The molecule has 1 aliphatic rings. The van der Waals surface area contributed by atoms with Gasteiger partial charge in [0.1, 0.15) is 16.3 Å². The molecule has 4 heterocycles. The largest absolute Gasteiger partial charge is 0.384 e. The Kier molecular flexibility index (Phi) is 6.62. The SMILES string of the molecule is COCCn1ccc(-c2sc3nc(-c4nccn4C)nc(NC[C@H]4CC[C@H]4COC)c3c2C)n1. The summed E-state index contributed by atoms with van der Waals surface area (Å²) in [7, 11) is 5.45. The van der Waals surface area contributed by atoms with Crippen molar-refractivity contribution in [1.29, 1.82) is 0 Å². The molecule has 0 aromatic carbocycles. The van der Waals surface area contributed by atoms with Crippen LogP contribution in [0.5, 0.6) is 0 Å². The summed E-state index contributed by atoms with van der Waals surface area (Å²) in [4.78, 5) is 16.4. The molecule has 4 aromatic heterocycles. The van der Waals surface area contributed by atoms with E-state index in [1.807, 2.05) is 28.7 Å². The average molecular weight is 482 g/mol. The number of ether oxygens (including phenoxy) is 2. The van der Waals surface area contributed by atoms with Gasteiger partial charge in [0.05, 0.1) is 23.4 Å². The van der Waals surface area contributed by atoms with Gasteiger partial charge in [-0.3, -0.25) is 4.68 Å². The smallest absolute Gasteiger partial charge is 0.199 e. The van der Waals surface area contributed by atoms with Gasteiger partial charge in [0.2, 0.25) is 0 Å². The van der Waals surface area contributed by atoms with Crippen molar-refractivity contribution in [3.8, 4) is 22.2 Å². The normalized spacial score (nSPS) is 17.9. The van der Waals surface area contributed by atoms with E-state index in [4.69, 9.17) is 24.5 Å². The predicted molar refractivity (Wildman–Crippen MR) is 134 cm³/mol. The minimum absolute atomic E-state index is 0.594. The third-order valence-corrected chi connectivity index (χ3v) is 7.90. The number of fused-ring (bicyclic) bond motifs is 1. The summed E-state index contributed by atoms with van der Waals surface area (Å²) in [5.74, 6) is 3.45. The van der Waals surface area contributed by atoms with Crippen molar-refractivity contribution in [2.24, 2.45) is 18.9 Å². The molecule has 9 nitrogen and oxygen atoms in total. The molecule has 1 aliphatic carbocycles. The molecule has 4 aromatic rings. The van der Waals surface area contributed by atoms with Crippen LogP contribution in [0.2, 0.25) is 0 Å². The van der Waals surface area contributed by atoms with E-state index in [0.29, 0.717) is 24.3 Å². The second-order valence-corrected chi connectivity index (χ2v) is 9.88. The average Bonchev–Trinajstić information content (AvgIpc) is 3.54. The number of rotatable bonds is 10.